The summed E-state index contributed by atoms with van der Waals surface area (Å²) in [6.07, 6.45) is 1.38. The topological polar surface area (TPSA) is 248 Å². The van der Waals surface area contributed by atoms with E-state index in [4.69, 9.17) is 22.6 Å². The smallest absolute Gasteiger partial charge is 0.251 e. The number of nitrogens with one attached hydrogen (secondary N) is 5. The fraction of sp³-hybridized carbons (Fsp3) is 0.581. The van der Waals surface area contributed by atoms with Gasteiger partial charge in [0.05, 0.1) is 22.3 Å². The molecule has 1 aromatic carbocycles. The number of guanidine groups is 1. The number of fused-ring (bicyclic) bond motifs is 1. The van der Waals surface area contributed by atoms with Gasteiger partial charge in [-0.15, -0.1) is 11.3 Å². The molecule has 0 fully saturated rings. The minimum absolute atomic E-state index is 0.0562. The van der Waals surface area contributed by atoms with E-state index in [1.807, 2.05) is 27.7 Å². The molecule has 0 radical (unpaired) electrons. The Kier molecular flexibility index (Phi) is 14.5. The maximum absolute atomic E-state index is 13.8. The molecule has 254 valence electrons. The van der Waals surface area contributed by atoms with Crippen molar-refractivity contribution in [3.8, 4) is 0 Å². The highest BCUT2D eigenvalue weighted by Crippen LogP contribution is 2.25. The number of rotatable bonds is 18. The molecule has 4 amide bonds. The number of hydrogen-bond acceptors (Lipinski definition) is 9. The average Bonchev–Trinajstić information content (AvgIpc) is 3.39. The Labute approximate surface area is 273 Å². The third-order valence-corrected chi connectivity index (χ3v) is 8.17. The number of nitrogens with zero attached hydrogens (tertiary/aromatic N) is 1. The summed E-state index contributed by atoms with van der Waals surface area (Å²) < 4.78 is 0.559. The minimum Gasteiger partial charge on any atom is -0.370 e. The van der Waals surface area contributed by atoms with Gasteiger partial charge < -0.3 is 38.5 Å². The second-order valence-corrected chi connectivity index (χ2v) is 13.7. The van der Waals surface area contributed by atoms with Crippen molar-refractivity contribution < 1.29 is 24.0 Å². The molecule has 0 aliphatic carbocycles. The molecule has 0 spiro atoms. The van der Waals surface area contributed by atoms with E-state index in [9.17, 15) is 24.0 Å². The van der Waals surface area contributed by atoms with Gasteiger partial charge >= 0.3 is 0 Å². The van der Waals surface area contributed by atoms with Crippen molar-refractivity contribution >= 4 is 56.9 Å². The lowest BCUT2D eigenvalue weighted by Crippen LogP contribution is -2.55. The van der Waals surface area contributed by atoms with Gasteiger partial charge in [-0.05, 0) is 61.6 Å². The number of benzene rings is 1. The third kappa shape index (κ3) is 11.7. The van der Waals surface area contributed by atoms with E-state index >= 15 is 0 Å². The van der Waals surface area contributed by atoms with Crippen LogP contribution >= 0.6 is 11.3 Å². The van der Waals surface area contributed by atoms with Crippen LogP contribution in [0.25, 0.3) is 10.2 Å². The summed E-state index contributed by atoms with van der Waals surface area (Å²) in [6, 6.07) is 1.19. The monoisotopic (exact) mass is 659 g/mol. The molecule has 4 atom stereocenters. The van der Waals surface area contributed by atoms with Crippen LogP contribution in [0.3, 0.4) is 0 Å². The second kappa shape index (κ2) is 17.5. The van der Waals surface area contributed by atoms with Gasteiger partial charge in [0.25, 0.3) is 5.91 Å². The Bertz CT molecular complexity index is 1410. The zero-order valence-electron chi connectivity index (χ0n) is 27.4. The number of amides is 4. The third-order valence-electron chi connectivity index (χ3n) is 7.14. The average molecular weight is 660 g/mol. The summed E-state index contributed by atoms with van der Waals surface area (Å²) in [5, 5.41) is 18.4. The minimum atomic E-state index is -0.997. The van der Waals surface area contributed by atoms with Crippen LogP contribution in [0.5, 0.6) is 0 Å². The normalized spacial score (nSPS) is 14.0. The molecule has 2 rings (SSSR count). The molecule has 11 N–H and O–H groups in total. The van der Waals surface area contributed by atoms with Crippen LogP contribution in [0.15, 0.2) is 18.2 Å². The largest absolute Gasteiger partial charge is 0.370 e. The van der Waals surface area contributed by atoms with Gasteiger partial charge in [-0.2, -0.15) is 0 Å². The lowest BCUT2D eigenvalue weighted by Gasteiger charge is -2.25. The lowest BCUT2D eigenvalue weighted by molar-refractivity contribution is -0.130. The van der Waals surface area contributed by atoms with Crippen LogP contribution in [0, 0.1) is 23.2 Å². The standard InChI is InChI=1S/C31H49N9O5S/c1-15(2)12-19(32)28(44)38-22(13-16(3)4)29(45)37-21(8-7-11-36-31(34)35)25(41)30-39-20-10-9-18(14-23(20)46-30)27(43)40-24(17(5)6)26(33)42/h9-10,14-17,19,21-22,24H,7-8,11-13,32H2,1-6H3,(H2,33,42)(H,37,45)(H,38,44)(H,40,43)(H4,34,35,36)/t19-,21-,22?,24?/m0/s1. The summed E-state index contributed by atoms with van der Waals surface area (Å²) in [7, 11) is 0. The molecule has 1 heterocycles. The predicted octanol–water partition coefficient (Wildman–Crippen LogP) is 1.37. The van der Waals surface area contributed by atoms with Crippen molar-refractivity contribution in [2.24, 2.45) is 35.0 Å². The number of thiazole rings is 1. The van der Waals surface area contributed by atoms with Crippen molar-refractivity contribution in [1.82, 2.24) is 26.3 Å². The van der Waals surface area contributed by atoms with Crippen LogP contribution in [0.1, 0.15) is 87.4 Å². The quantitative estimate of drug-likeness (QED) is 0.0497. The van der Waals surface area contributed by atoms with Crippen molar-refractivity contribution in [3.63, 3.8) is 0 Å². The summed E-state index contributed by atoms with van der Waals surface area (Å²) >= 11 is 1.07. The molecule has 0 aliphatic heterocycles. The first-order valence-corrected chi connectivity index (χ1v) is 16.3. The molecule has 0 aliphatic rings. The number of carbonyl (C=O) groups excluding carboxylic acids is 5. The van der Waals surface area contributed by atoms with Gasteiger partial charge in [0.2, 0.25) is 23.5 Å². The van der Waals surface area contributed by atoms with Gasteiger partial charge in [0, 0.05) is 12.1 Å². The van der Waals surface area contributed by atoms with Gasteiger partial charge in [0.1, 0.15) is 12.1 Å². The maximum atomic E-state index is 13.8. The van der Waals surface area contributed by atoms with Gasteiger partial charge in [-0.1, -0.05) is 41.5 Å². The molecular weight excluding hydrogens is 610 g/mol. The number of nitrogens with two attached hydrogens (primary N) is 3. The molecule has 0 saturated carbocycles. The van der Waals surface area contributed by atoms with Crippen molar-refractivity contribution in [2.75, 3.05) is 6.54 Å². The number of ketones is 1. The fourth-order valence-electron chi connectivity index (χ4n) is 4.78. The Morgan fingerprint density at radius 3 is 2.09 bits per heavy atom. The number of Topliss-reactive ketones (excluding diaryl/α,β-unsaturated/α-hetero) is 1. The Morgan fingerprint density at radius 1 is 0.891 bits per heavy atom. The highest BCUT2D eigenvalue weighted by Gasteiger charge is 2.31. The molecule has 2 aromatic rings. The van der Waals surface area contributed by atoms with E-state index < -0.39 is 53.6 Å². The zero-order valence-corrected chi connectivity index (χ0v) is 28.3. The van der Waals surface area contributed by atoms with Crippen LogP contribution in [-0.4, -0.2) is 71.1 Å². The van der Waals surface area contributed by atoms with E-state index in [0.717, 1.165) is 11.3 Å². The van der Waals surface area contributed by atoms with Gasteiger partial charge in [-0.25, -0.2) is 4.98 Å². The van der Waals surface area contributed by atoms with Gasteiger partial charge in [-0.3, -0.25) is 29.4 Å². The van der Waals surface area contributed by atoms with E-state index in [1.54, 1.807) is 32.0 Å². The summed E-state index contributed by atoms with van der Waals surface area (Å²) in [4.78, 5) is 69.2. The lowest BCUT2D eigenvalue weighted by atomic mass is 9.99. The van der Waals surface area contributed by atoms with E-state index in [1.165, 1.54) is 0 Å². The molecule has 0 bridgehead atoms. The SMILES string of the molecule is CC(C)CC(NC(=O)[C@@H](N)CC(C)C)C(=O)N[C@@H](CCCNC(=N)N)C(=O)c1nc2ccc(C(=O)NC(C(N)=O)C(C)C)cc2s1. The fourth-order valence-corrected chi connectivity index (χ4v) is 5.78. The number of aromatic nitrogens is 1. The van der Waals surface area contributed by atoms with E-state index in [2.05, 4.69) is 26.3 Å². The first-order chi connectivity index (χ1) is 21.5. The first kappa shape index (κ1) is 38.1. The summed E-state index contributed by atoms with van der Waals surface area (Å²) in [5.41, 5.74) is 17.6. The maximum Gasteiger partial charge on any atom is 0.251 e. The Balaban J connectivity index is 2.32. The highest BCUT2D eigenvalue weighted by molar-refractivity contribution is 7.20. The highest BCUT2D eigenvalue weighted by atomic mass is 32.1. The summed E-state index contributed by atoms with van der Waals surface area (Å²) in [5.74, 6) is -2.72. The second-order valence-electron chi connectivity index (χ2n) is 12.6. The Morgan fingerprint density at radius 2 is 1.52 bits per heavy atom. The van der Waals surface area contributed by atoms with E-state index in [0.29, 0.717) is 36.0 Å². The first-order valence-electron chi connectivity index (χ1n) is 15.5. The molecule has 2 unspecified atom stereocenters. The van der Waals surface area contributed by atoms with Crippen molar-refractivity contribution in [3.05, 3.63) is 28.8 Å². The predicted molar refractivity (Wildman–Crippen MR) is 179 cm³/mol. The van der Waals surface area contributed by atoms with E-state index in [-0.39, 0.29) is 40.7 Å². The molecule has 1 aromatic heterocycles. The van der Waals surface area contributed by atoms with Crippen molar-refractivity contribution in [2.45, 2.75) is 91.4 Å². The number of carbonyl (C=O) groups is 5. The van der Waals surface area contributed by atoms with Crippen LogP contribution in [-0.2, 0) is 14.4 Å². The molecule has 14 nitrogen and oxygen atoms in total. The van der Waals surface area contributed by atoms with Crippen LogP contribution in [0.4, 0.5) is 0 Å². The molecular formula is C31H49N9O5S. The number of hydrogen-bond donors (Lipinski definition) is 8. The molecule has 0 saturated heterocycles. The Hall–Kier alpha value is -4.11. The van der Waals surface area contributed by atoms with Crippen molar-refractivity contribution in [1.29, 1.82) is 5.41 Å². The molecule has 46 heavy (non-hydrogen) atoms. The number of primary amides is 1. The summed E-state index contributed by atoms with van der Waals surface area (Å²) in [6.45, 7) is 11.6. The molecule has 15 heteroatoms. The van der Waals surface area contributed by atoms with Crippen LogP contribution < -0.4 is 38.5 Å². The van der Waals surface area contributed by atoms with Crippen LogP contribution in [0.2, 0.25) is 0 Å². The van der Waals surface area contributed by atoms with Gasteiger partial charge in [0.15, 0.2) is 11.0 Å². The zero-order chi connectivity index (χ0) is 34.7.